The molecule has 0 atom stereocenters. The van der Waals surface area contributed by atoms with E-state index in [-0.39, 0.29) is 49.3 Å². The fourth-order valence-electron chi connectivity index (χ4n) is 2.85. The minimum atomic E-state index is -3.94. The molecule has 2 aliphatic rings. The van der Waals surface area contributed by atoms with Crippen LogP contribution in [0.5, 0.6) is 0 Å². The van der Waals surface area contributed by atoms with Crippen molar-refractivity contribution in [3.05, 3.63) is 28.3 Å². The number of nitrogens with one attached hydrogen (secondary N) is 1. The molecule has 0 aromatic heterocycles. The summed E-state index contributed by atoms with van der Waals surface area (Å²) in [5.74, 6) is -0.223. The van der Waals surface area contributed by atoms with Gasteiger partial charge < -0.3 is 15.0 Å². The molecule has 2 aliphatic heterocycles. The number of carbonyl (C=O) groups is 1. The molecule has 0 saturated carbocycles. The summed E-state index contributed by atoms with van der Waals surface area (Å²) < 4.78 is 32.5. The molecule has 0 unspecified atom stereocenters. The molecule has 2 saturated heterocycles. The Bertz CT molecular complexity index is 791. The zero-order chi connectivity index (χ0) is 18.0. The van der Waals surface area contributed by atoms with Crippen molar-refractivity contribution in [1.29, 1.82) is 0 Å². The second-order valence-electron chi connectivity index (χ2n) is 5.70. The van der Waals surface area contributed by atoms with Crippen molar-refractivity contribution in [3.63, 3.8) is 0 Å². The summed E-state index contributed by atoms with van der Waals surface area (Å²) in [4.78, 5) is 23.6. The van der Waals surface area contributed by atoms with E-state index >= 15 is 0 Å². The molecule has 2 heterocycles. The van der Waals surface area contributed by atoms with Crippen LogP contribution in [0.15, 0.2) is 23.1 Å². The van der Waals surface area contributed by atoms with Gasteiger partial charge in [-0.25, -0.2) is 8.42 Å². The Morgan fingerprint density at radius 1 is 1.20 bits per heavy atom. The van der Waals surface area contributed by atoms with E-state index in [0.717, 1.165) is 6.07 Å². The number of piperazine rings is 1. The van der Waals surface area contributed by atoms with E-state index in [0.29, 0.717) is 18.8 Å². The largest absolute Gasteiger partial charge is 0.379 e. The maximum atomic E-state index is 13.0. The van der Waals surface area contributed by atoms with Gasteiger partial charge in [-0.05, 0) is 6.07 Å². The van der Waals surface area contributed by atoms with Crippen LogP contribution >= 0.6 is 0 Å². The zero-order valence-corrected chi connectivity index (χ0v) is 14.2. The van der Waals surface area contributed by atoms with Crippen molar-refractivity contribution in [2.45, 2.75) is 4.90 Å². The topological polar surface area (TPSA) is 122 Å². The van der Waals surface area contributed by atoms with Gasteiger partial charge in [-0.15, -0.1) is 0 Å². The van der Waals surface area contributed by atoms with Gasteiger partial charge in [0.25, 0.3) is 5.69 Å². The summed E-state index contributed by atoms with van der Waals surface area (Å²) >= 11 is 0. The Labute approximate surface area is 144 Å². The molecule has 3 rings (SSSR count). The number of nitro groups is 1. The monoisotopic (exact) mass is 370 g/mol. The first kappa shape index (κ1) is 17.6. The van der Waals surface area contributed by atoms with E-state index in [1.165, 1.54) is 16.4 Å². The van der Waals surface area contributed by atoms with Gasteiger partial charge in [0.05, 0.1) is 30.4 Å². The highest BCUT2D eigenvalue weighted by atomic mass is 32.2. The molecular weight excluding hydrogens is 352 g/mol. The predicted octanol–water partition coefficient (Wildman–Crippen LogP) is -0.448. The maximum Gasteiger partial charge on any atom is 0.270 e. The second-order valence-corrected chi connectivity index (χ2v) is 7.60. The SMILES string of the molecule is O=C1CN(c2ccc([N+](=O)[O-])cc2S(=O)(=O)N2CCOCC2)CCN1. The molecule has 10 nitrogen and oxygen atoms in total. The summed E-state index contributed by atoms with van der Waals surface area (Å²) in [7, 11) is -3.94. The molecular formula is C14H18N4O6S. The van der Waals surface area contributed by atoms with Gasteiger partial charge in [0, 0.05) is 38.3 Å². The number of hydrogen-bond acceptors (Lipinski definition) is 7. The number of nitrogens with zero attached hydrogens (tertiary/aromatic N) is 3. The lowest BCUT2D eigenvalue weighted by Crippen LogP contribution is -2.48. The molecule has 11 heteroatoms. The van der Waals surface area contributed by atoms with Crippen LogP contribution in [-0.4, -0.2) is 69.5 Å². The Hall–Kier alpha value is -2.24. The summed E-state index contributed by atoms with van der Waals surface area (Å²) in [5, 5.41) is 13.8. The third-order valence-electron chi connectivity index (χ3n) is 4.12. The summed E-state index contributed by atoms with van der Waals surface area (Å²) in [6, 6.07) is 3.71. The highest BCUT2D eigenvalue weighted by molar-refractivity contribution is 7.89. The zero-order valence-electron chi connectivity index (χ0n) is 13.4. The van der Waals surface area contributed by atoms with Crippen molar-refractivity contribution in [2.75, 3.05) is 50.8 Å². The van der Waals surface area contributed by atoms with Crippen LogP contribution < -0.4 is 10.2 Å². The number of benzene rings is 1. The van der Waals surface area contributed by atoms with Crippen LogP contribution in [0.4, 0.5) is 11.4 Å². The first-order valence-corrected chi connectivity index (χ1v) is 9.21. The van der Waals surface area contributed by atoms with E-state index in [2.05, 4.69) is 5.32 Å². The fraction of sp³-hybridized carbons (Fsp3) is 0.500. The molecule has 136 valence electrons. The number of nitro benzene ring substituents is 1. The number of anilines is 1. The molecule has 1 aromatic rings. The standard InChI is InChI=1S/C14H18N4O6S/c19-14-10-16(4-3-15-14)12-2-1-11(18(20)21)9-13(12)25(22,23)17-5-7-24-8-6-17/h1-2,9H,3-8,10H2,(H,15,19). The van der Waals surface area contributed by atoms with Crippen molar-refractivity contribution < 1.29 is 22.9 Å². The van der Waals surface area contributed by atoms with Gasteiger partial charge >= 0.3 is 0 Å². The minimum Gasteiger partial charge on any atom is -0.379 e. The Morgan fingerprint density at radius 3 is 2.56 bits per heavy atom. The molecule has 0 aliphatic carbocycles. The van der Waals surface area contributed by atoms with E-state index in [4.69, 9.17) is 4.74 Å². The number of ether oxygens (including phenoxy) is 1. The third kappa shape index (κ3) is 3.57. The average molecular weight is 370 g/mol. The van der Waals surface area contributed by atoms with Gasteiger partial charge in [0.15, 0.2) is 0 Å². The van der Waals surface area contributed by atoms with Crippen LogP contribution in [0.2, 0.25) is 0 Å². The molecule has 0 spiro atoms. The van der Waals surface area contributed by atoms with Gasteiger partial charge in [-0.2, -0.15) is 4.31 Å². The molecule has 25 heavy (non-hydrogen) atoms. The average Bonchev–Trinajstić information content (AvgIpc) is 2.62. The Balaban J connectivity index is 2.06. The van der Waals surface area contributed by atoms with E-state index in [1.807, 2.05) is 0 Å². The molecule has 1 N–H and O–H groups in total. The van der Waals surface area contributed by atoms with Crippen LogP contribution in [0, 0.1) is 10.1 Å². The van der Waals surface area contributed by atoms with Crippen LogP contribution in [0.3, 0.4) is 0 Å². The van der Waals surface area contributed by atoms with Crippen molar-refractivity contribution in [1.82, 2.24) is 9.62 Å². The van der Waals surface area contributed by atoms with E-state index in [1.54, 1.807) is 4.90 Å². The number of rotatable bonds is 4. The smallest absolute Gasteiger partial charge is 0.270 e. The molecule has 0 bridgehead atoms. The van der Waals surface area contributed by atoms with Gasteiger partial charge in [-0.3, -0.25) is 14.9 Å². The normalized spacial score (nSPS) is 19.5. The lowest BCUT2D eigenvalue weighted by Gasteiger charge is -2.32. The van der Waals surface area contributed by atoms with Crippen molar-refractivity contribution >= 4 is 27.3 Å². The van der Waals surface area contributed by atoms with Crippen molar-refractivity contribution in [3.8, 4) is 0 Å². The number of sulfonamides is 1. The number of carbonyl (C=O) groups excluding carboxylic acids is 1. The number of non-ortho nitro benzene ring substituents is 1. The number of hydrogen-bond donors (Lipinski definition) is 1. The van der Waals surface area contributed by atoms with Crippen molar-refractivity contribution in [2.24, 2.45) is 0 Å². The molecule has 1 amide bonds. The maximum absolute atomic E-state index is 13.0. The Morgan fingerprint density at radius 2 is 1.92 bits per heavy atom. The molecule has 0 radical (unpaired) electrons. The first-order chi connectivity index (χ1) is 11.9. The van der Waals surface area contributed by atoms with Crippen LogP contribution in [0.25, 0.3) is 0 Å². The van der Waals surface area contributed by atoms with E-state index in [9.17, 15) is 23.3 Å². The number of amides is 1. The third-order valence-corrected chi connectivity index (χ3v) is 6.05. The minimum absolute atomic E-state index is 0.00341. The second kappa shape index (κ2) is 6.94. The number of morpholine rings is 1. The summed E-state index contributed by atoms with van der Waals surface area (Å²) in [5.41, 5.74) is -0.0102. The van der Waals surface area contributed by atoms with Gasteiger partial charge in [0.1, 0.15) is 4.90 Å². The lowest BCUT2D eigenvalue weighted by atomic mass is 10.2. The lowest BCUT2D eigenvalue weighted by molar-refractivity contribution is -0.385. The first-order valence-electron chi connectivity index (χ1n) is 7.77. The van der Waals surface area contributed by atoms with Crippen LogP contribution in [0.1, 0.15) is 0 Å². The predicted molar refractivity (Wildman–Crippen MR) is 87.9 cm³/mol. The van der Waals surface area contributed by atoms with Gasteiger partial charge in [0.2, 0.25) is 15.9 Å². The van der Waals surface area contributed by atoms with Gasteiger partial charge in [-0.1, -0.05) is 0 Å². The van der Waals surface area contributed by atoms with E-state index < -0.39 is 14.9 Å². The quantitative estimate of drug-likeness (QED) is 0.563. The molecule has 1 aromatic carbocycles. The van der Waals surface area contributed by atoms with Crippen LogP contribution in [-0.2, 0) is 19.6 Å². The molecule has 2 fully saturated rings. The summed E-state index contributed by atoms with van der Waals surface area (Å²) in [6.07, 6.45) is 0. The fourth-order valence-corrected chi connectivity index (χ4v) is 4.49. The highest BCUT2D eigenvalue weighted by Crippen LogP contribution is 2.32. The summed E-state index contributed by atoms with van der Waals surface area (Å²) in [6.45, 7) is 1.73. The Kier molecular flexibility index (Phi) is 4.88. The highest BCUT2D eigenvalue weighted by Gasteiger charge is 2.32.